The first-order valence-corrected chi connectivity index (χ1v) is 6.61. The van der Waals surface area contributed by atoms with Crippen LogP contribution in [-0.4, -0.2) is 0 Å². The van der Waals surface area contributed by atoms with Crippen molar-refractivity contribution >= 4 is 11.0 Å². The van der Waals surface area contributed by atoms with Crippen LogP contribution in [0.5, 0.6) is 0 Å². The molecule has 2 N–H and O–H groups in total. The average molecular weight is 245 g/mol. The van der Waals surface area contributed by atoms with Crippen LogP contribution in [0.4, 0.5) is 0 Å². The Kier molecular flexibility index (Phi) is 3.49. The SMILES string of the molecule is Cc1ccc2oc(C(N)CCC(C)(C)C)cc2c1. The summed E-state index contributed by atoms with van der Waals surface area (Å²) in [6, 6.07) is 8.30. The van der Waals surface area contributed by atoms with Gasteiger partial charge in [0.05, 0.1) is 6.04 Å². The smallest absolute Gasteiger partial charge is 0.134 e. The van der Waals surface area contributed by atoms with Crippen molar-refractivity contribution in [2.24, 2.45) is 11.1 Å². The van der Waals surface area contributed by atoms with Crippen LogP contribution in [0.3, 0.4) is 0 Å². The second-order valence-electron chi connectivity index (χ2n) is 6.40. The minimum Gasteiger partial charge on any atom is -0.459 e. The van der Waals surface area contributed by atoms with Gasteiger partial charge in [0.15, 0.2) is 0 Å². The molecule has 2 nitrogen and oxygen atoms in total. The molecule has 1 unspecified atom stereocenters. The van der Waals surface area contributed by atoms with Crippen LogP contribution in [-0.2, 0) is 0 Å². The molecular formula is C16H23NO. The Balaban J connectivity index is 2.15. The van der Waals surface area contributed by atoms with Crippen molar-refractivity contribution in [3.63, 3.8) is 0 Å². The van der Waals surface area contributed by atoms with Gasteiger partial charge in [-0.1, -0.05) is 32.4 Å². The van der Waals surface area contributed by atoms with Crippen LogP contribution in [0.2, 0.25) is 0 Å². The molecule has 1 aromatic carbocycles. The number of aryl methyl sites for hydroxylation is 1. The molecule has 98 valence electrons. The number of hydrogen-bond acceptors (Lipinski definition) is 2. The molecule has 0 radical (unpaired) electrons. The molecule has 0 aliphatic carbocycles. The molecule has 18 heavy (non-hydrogen) atoms. The molecule has 2 rings (SSSR count). The second kappa shape index (κ2) is 4.77. The first-order valence-electron chi connectivity index (χ1n) is 6.61. The molecule has 0 spiro atoms. The van der Waals surface area contributed by atoms with Gasteiger partial charge in [0, 0.05) is 5.39 Å². The number of rotatable bonds is 3. The third-order valence-corrected chi connectivity index (χ3v) is 3.26. The van der Waals surface area contributed by atoms with E-state index in [2.05, 4.69) is 45.9 Å². The van der Waals surface area contributed by atoms with E-state index >= 15 is 0 Å². The summed E-state index contributed by atoms with van der Waals surface area (Å²) >= 11 is 0. The summed E-state index contributed by atoms with van der Waals surface area (Å²) in [5.74, 6) is 0.903. The molecule has 2 aromatic rings. The minimum absolute atomic E-state index is 0.00284. The molecule has 1 aromatic heterocycles. The summed E-state index contributed by atoms with van der Waals surface area (Å²) in [6.07, 6.45) is 2.06. The van der Waals surface area contributed by atoms with E-state index in [1.54, 1.807) is 0 Å². The number of fused-ring (bicyclic) bond motifs is 1. The topological polar surface area (TPSA) is 39.2 Å². The van der Waals surface area contributed by atoms with Crippen LogP contribution >= 0.6 is 0 Å². The Bertz CT molecular complexity index is 534. The summed E-state index contributed by atoms with van der Waals surface area (Å²) in [6.45, 7) is 8.80. The van der Waals surface area contributed by atoms with E-state index in [-0.39, 0.29) is 6.04 Å². The van der Waals surface area contributed by atoms with E-state index in [0.717, 1.165) is 29.6 Å². The normalized spacial score (nSPS) is 14.1. The lowest BCUT2D eigenvalue weighted by Gasteiger charge is -2.19. The van der Waals surface area contributed by atoms with E-state index in [4.69, 9.17) is 10.2 Å². The standard InChI is InChI=1S/C16H23NO/c1-11-5-6-14-12(9-11)10-15(18-14)13(17)7-8-16(2,3)4/h5-6,9-10,13H,7-8,17H2,1-4H3. The zero-order valence-corrected chi connectivity index (χ0v) is 11.8. The van der Waals surface area contributed by atoms with Gasteiger partial charge in [-0.2, -0.15) is 0 Å². The maximum absolute atomic E-state index is 6.21. The number of hydrogen-bond donors (Lipinski definition) is 1. The molecule has 0 aliphatic rings. The monoisotopic (exact) mass is 245 g/mol. The molecular weight excluding hydrogens is 222 g/mol. The third-order valence-electron chi connectivity index (χ3n) is 3.26. The maximum atomic E-state index is 6.21. The highest BCUT2D eigenvalue weighted by molar-refractivity contribution is 5.78. The molecule has 0 amide bonds. The maximum Gasteiger partial charge on any atom is 0.134 e. The van der Waals surface area contributed by atoms with Crippen molar-refractivity contribution in [1.29, 1.82) is 0 Å². The van der Waals surface area contributed by atoms with Gasteiger partial charge in [-0.05, 0) is 43.4 Å². The van der Waals surface area contributed by atoms with E-state index in [0.29, 0.717) is 5.41 Å². The Morgan fingerprint density at radius 2 is 1.94 bits per heavy atom. The first-order chi connectivity index (χ1) is 8.35. The summed E-state index contributed by atoms with van der Waals surface area (Å²) in [5.41, 5.74) is 8.71. The average Bonchev–Trinajstić information content (AvgIpc) is 2.67. The zero-order valence-electron chi connectivity index (χ0n) is 11.8. The Morgan fingerprint density at radius 3 is 2.61 bits per heavy atom. The van der Waals surface area contributed by atoms with E-state index in [9.17, 15) is 0 Å². The largest absolute Gasteiger partial charge is 0.459 e. The summed E-state index contributed by atoms with van der Waals surface area (Å²) in [5, 5.41) is 1.15. The summed E-state index contributed by atoms with van der Waals surface area (Å²) in [7, 11) is 0. The predicted octanol–water partition coefficient (Wildman–Crippen LogP) is 4.57. The van der Waals surface area contributed by atoms with Gasteiger partial charge in [-0.25, -0.2) is 0 Å². The zero-order chi connectivity index (χ0) is 13.3. The van der Waals surface area contributed by atoms with Gasteiger partial charge in [-0.15, -0.1) is 0 Å². The van der Waals surface area contributed by atoms with Gasteiger partial charge in [-0.3, -0.25) is 0 Å². The first kappa shape index (κ1) is 13.2. The molecule has 0 aliphatic heterocycles. The Morgan fingerprint density at radius 1 is 1.22 bits per heavy atom. The van der Waals surface area contributed by atoms with Gasteiger partial charge < -0.3 is 10.2 Å². The van der Waals surface area contributed by atoms with Crippen molar-refractivity contribution in [3.8, 4) is 0 Å². The van der Waals surface area contributed by atoms with Crippen LogP contribution in [0, 0.1) is 12.3 Å². The second-order valence-corrected chi connectivity index (χ2v) is 6.40. The highest BCUT2D eigenvalue weighted by atomic mass is 16.3. The predicted molar refractivity (Wildman–Crippen MR) is 76.6 cm³/mol. The molecule has 0 saturated heterocycles. The minimum atomic E-state index is -0.00284. The highest BCUT2D eigenvalue weighted by Crippen LogP contribution is 2.29. The Hall–Kier alpha value is -1.28. The van der Waals surface area contributed by atoms with Crippen molar-refractivity contribution in [1.82, 2.24) is 0 Å². The fourth-order valence-corrected chi connectivity index (χ4v) is 2.10. The highest BCUT2D eigenvalue weighted by Gasteiger charge is 2.16. The fourth-order valence-electron chi connectivity index (χ4n) is 2.10. The molecule has 2 heteroatoms. The molecule has 0 bridgehead atoms. The summed E-state index contributed by atoms with van der Waals surface area (Å²) in [4.78, 5) is 0. The van der Waals surface area contributed by atoms with Gasteiger partial charge in [0.2, 0.25) is 0 Å². The van der Waals surface area contributed by atoms with Crippen LogP contribution in [0.1, 0.15) is 51.0 Å². The number of benzene rings is 1. The number of furan rings is 1. The molecule has 0 saturated carbocycles. The lowest BCUT2D eigenvalue weighted by molar-refractivity contribution is 0.337. The van der Waals surface area contributed by atoms with Gasteiger partial charge in [0.1, 0.15) is 11.3 Å². The van der Waals surface area contributed by atoms with E-state index in [1.165, 1.54) is 5.56 Å². The van der Waals surface area contributed by atoms with E-state index in [1.807, 2.05) is 6.07 Å². The van der Waals surface area contributed by atoms with Crippen molar-refractivity contribution in [3.05, 3.63) is 35.6 Å². The lowest BCUT2D eigenvalue weighted by atomic mass is 9.88. The summed E-state index contributed by atoms with van der Waals surface area (Å²) < 4.78 is 5.83. The van der Waals surface area contributed by atoms with Gasteiger partial charge >= 0.3 is 0 Å². The number of nitrogens with two attached hydrogens (primary N) is 1. The van der Waals surface area contributed by atoms with Crippen LogP contribution in [0.15, 0.2) is 28.7 Å². The van der Waals surface area contributed by atoms with Crippen LogP contribution < -0.4 is 5.73 Å². The van der Waals surface area contributed by atoms with Crippen molar-refractivity contribution < 1.29 is 4.42 Å². The van der Waals surface area contributed by atoms with Crippen molar-refractivity contribution in [2.75, 3.05) is 0 Å². The quantitative estimate of drug-likeness (QED) is 0.860. The van der Waals surface area contributed by atoms with Crippen LogP contribution in [0.25, 0.3) is 11.0 Å². The lowest BCUT2D eigenvalue weighted by Crippen LogP contribution is -2.14. The molecule has 1 atom stereocenters. The van der Waals surface area contributed by atoms with E-state index < -0.39 is 0 Å². The molecule has 1 heterocycles. The third kappa shape index (κ3) is 3.14. The van der Waals surface area contributed by atoms with Gasteiger partial charge in [0.25, 0.3) is 0 Å². The Labute approximate surface area is 109 Å². The fraction of sp³-hybridized carbons (Fsp3) is 0.500. The molecule has 0 fully saturated rings. The van der Waals surface area contributed by atoms with Crippen molar-refractivity contribution in [2.45, 2.75) is 46.6 Å².